The van der Waals surface area contributed by atoms with Crippen molar-refractivity contribution < 1.29 is 14.3 Å². The fraction of sp³-hybridized carbons (Fsp3) is 0.333. The molecule has 4 nitrogen and oxygen atoms in total. The Morgan fingerprint density at radius 1 is 1.27 bits per heavy atom. The average Bonchev–Trinajstić information content (AvgIpc) is 3.15. The van der Waals surface area contributed by atoms with Crippen molar-refractivity contribution in [2.24, 2.45) is 5.92 Å². The number of carbonyl (C=O) groups excluding carboxylic acids is 2. The number of carbonyl (C=O) groups is 2. The molecule has 2 aromatic rings. The molecule has 0 radical (unpaired) electrons. The van der Waals surface area contributed by atoms with Gasteiger partial charge in [-0.1, -0.05) is 18.2 Å². The normalized spacial score (nSPS) is 19.8. The van der Waals surface area contributed by atoms with Crippen LogP contribution in [0.25, 0.3) is 5.57 Å². The van der Waals surface area contributed by atoms with Gasteiger partial charge in [-0.25, -0.2) is 0 Å². The highest BCUT2D eigenvalue weighted by molar-refractivity contribution is 7.10. The summed E-state index contributed by atoms with van der Waals surface area (Å²) in [6, 6.07) is 12.1. The van der Waals surface area contributed by atoms with Crippen LogP contribution >= 0.6 is 11.3 Å². The Kier molecular flexibility index (Phi) is 5.57. The predicted molar refractivity (Wildman–Crippen MR) is 106 cm³/mol. The van der Waals surface area contributed by atoms with Gasteiger partial charge in [0.1, 0.15) is 5.92 Å². The van der Waals surface area contributed by atoms with Crippen LogP contribution < -0.4 is 4.90 Å². The molecule has 0 N–H and O–H groups in total. The van der Waals surface area contributed by atoms with Crippen LogP contribution in [0, 0.1) is 5.92 Å². The Bertz CT molecular complexity index is 824. The largest absolute Gasteiger partial charge is 0.465 e. The standard InChI is InChI=1S/C21H23NO3S/c1-4-25-21(24)20-17(19-9-6-10-26-19)12-15(13-18(20)23)14-7-5-8-16(11-14)22(2)3/h5-11,13,17,20H,4,12H2,1-3H3. The van der Waals surface area contributed by atoms with Crippen molar-refractivity contribution >= 4 is 34.3 Å². The van der Waals surface area contributed by atoms with E-state index in [0.717, 1.165) is 21.7 Å². The van der Waals surface area contributed by atoms with Crippen LogP contribution in [0.3, 0.4) is 0 Å². The smallest absolute Gasteiger partial charge is 0.317 e. The molecule has 1 heterocycles. The van der Waals surface area contributed by atoms with E-state index in [0.29, 0.717) is 6.42 Å². The summed E-state index contributed by atoms with van der Waals surface area (Å²) >= 11 is 1.58. The fourth-order valence-electron chi connectivity index (χ4n) is 3.34. The maximum atomic E-state index is 12.8. The number of benzene rings is 1. The third-order valence-electron chi connectivity index (χ3n) is 4.65. The molecule has 1 aromatic carbocycles. The molecule has 0 bridgehead atoms. The molecular weight excluding hydrogens is 346 g/mol. The number of ether oxygens (including phenoxy) is 1. The average molecular weight is 369 g/mol. The van der Waals surface area contributed by atoms with Gasteiger partial charge < -0.3 is 9.64 Å². The number of esters is 1. The third-order valence-corrected chi connectivity index (χ3v) is 5.65. The van der Waals surface area contributed by atoms with Crippen molar-refractivity contribution in [3.8, 4) is 0 Å². The minimum absolute atomic E-state index is 0.168. The van der Waals surface area contributed by atoms with E-state index in [1.165, 1.54) is 0 Å². The second-order valence-corrected chi connectivity index (χ2v) is 7.55. The molecule has 1 aromatic heterocycles. The highest BCUT2D eigenvalue weighted by Crippen LogP contribution is 2.42. The molecule has 2 unspecified atom stereocenters. The number of nitrogens with zero attached hydrogens (tertiary/aromatic N) is 1. The van der Waals surface area contributed by atoms with Gasteiger partial charge in [-0.05, 0) is 54.1 Å². The number of rotatable bonds is 5. The minimum Gasteiger partial charge on any atom is -0.465 e. The van der Waals surface area contributed by atoms with Gasteiger partial charge in [-0.2, -0.15) is 0 Å². The number of hydrogen-bond donors (Lipinski definition) is 0. The van der Waals surface area contributed by atoms with Gasteiger partial charge in [0.15, 0.2) is 5.78 Å². The highest BCUT2D eigenvalue weighted by atomic mass is 32.1. The van der Waals surface area contributed by atoms with Crippen LogP contribution in [-0.2, 0) is 14.3 Å². The molecule has 1 aliphatic carbocycles. The second-order valence-electron chi connectivity index (χ2n) is 6.57. The first-order valence-corrected chi connectivity index (χ1v) is 9.61. The summed E-state index contributed by atoms with van der Waals surface area (Å²) in [5.41, 5.74) is 3.07. The molecule has 2 atom stereocenters. The quantitative estimate of drug-likeness (QED) is 0.587. The molecule has 26 heavy (non-hydrogen) atoms. The number of allylic oxidation sites excluding steroid dienone is 2. The molecule has 0 saturated heterocycles. The summed E-state index contributed by atoms with van der Waals surface area (Å²) < 4.78 is 5.18. The van der Waals surface area contributed by atoms with Crippen LogP contribution in [0.5, 0.6) is 0 Å². The molecule has 5 heteroatoms. The van der Waals surface area contributed by atoms with E-state index in [1.807, 2.05) is 54.7 Å². The van der Waals surface area contributed by atoms with Crippen molar-refractivity contribution in [3.05, 3.63) is 58.3 Å². The molecule has 0 aliphatic heterocycles. The zero-order valence-corrected chi connectivity index (χ0v) is 16.1. The number of hydrogen-bond acceptors (Lipinski definition) is 5. The zero-order chi connectivity index (χ0) is 18.7. The van der Waals surface area contributed by atoms with Gasteiger partial charge in [0, 0.05) is 30.6 Å². The maximum Gasteiger partial charge on any atom is 0.317 e. The minimum atomic E-state index is -0.755. The summed E-state index contributed by atoms with van der Waals surface area (Å²) in [5, 5.41) is 1.98. The second kappa shape index (κ2) is 7.87. The first kappa shape index (κ1) is 18.4. The zero-order valence-electron chi connectivity index (χ0n) is 15.3. The lowest BCUT2D eigenvalue weighted by Gasteiger charge is -2.28. The molecule has 3 rings (SSSR count). The highest BCUT2D eigenvalue weighted by Gasteiger charge is 2.40. The van der Waals surface area contributed by atoms with Gasteiger partial charge in [0.25, 0.3) is 0 Å². The van der Waals surface area contributed by atoms with Crippen LogP contribution in [0.4, 0.5) is 5.69 Å². The van der Waals surface area contributed by atoms with Crippen molar-refractivity contribution in [1.82, 2.24) is 0 Å². The number of ketones is 1. The molecular formula is C21H23NO3S. The van der Waals surface area contributed by atoms with E-state index in [4.69, 9.17) is 4.74 Å². The van der Waals surface area contributed by atoms with Crippen LogP contribution in [0.1, 0.15) is 29.7 Å². The van der Waals surface area contributed by atoms with E-state index < -0.39 is 11.9 Å². The first-order valence-electron chi connectivity index (χ1n) is 8.73. The number of anilines is 1. The summed E-state index contributed by atoms with van der Waals surface area (Å²) in [6.45, 7) is 2.04. The lowest BCUT2D eigenvalue weighted by atomic mass is 9.76. The summed E-state index contributed by atoms with van der Waals surface area (Å²) in [6.07, 6.45) is 2.27. The Balaban J connectivity index is 1.99. The monoisotopic (exact) mass is 369 g/mol. The van der Waals surface area contributed by atoms with Gasteiger partial charge in [-0.15, -0.1) is 11.3 Å². The summed E-state index contributed by atoms with van der Waals surface area (Å²) in [5.74, 6) is -1.52. The molecule has 1 aliphatic rings. The van der Waals surface area contributed by atoms with Crippen molar-refractivity contribution in [1.29, 1.82) is 0 Å². The summed E-state index contributed by atoms with van der Waals surface area (Å²) in [4.78, 5) is 28.3. The van der Waals surface area contributed by atoms with Gasteiger partial charge in [0.05, 0.1) is 6.61 Å². The molecule has 0 saturated carbocycles. The van der Waals surface area contributed by atoms with Gasteiger partial charge in [-0.3, -0.25) is 9.59 Å². The van der Waals surface area contributed by atoms with E-state index in [1.54, 1.807) is 24.3 Å². The van der Waals surface area contributed by atoms with Crippen molar-refractivity contribution in [2.45, 2.75) is 19.3 Å². The fourth-order valence-corrected chi connectivity index (χ4v) is 4.20. The van der Waals surface area contributed by atoms with Gasteiger partial charge >= 0.3 is 5.97 Å². The predicted octanol–water partition coefficient (Wildman–Crippen LogP) is 4.13. The molecule has 0 amide bonds. The van der Waals surface area contributed by atoms with Gasteiger partial charge in [0.2, 0.25) is 0 Å². The van der Waals surface area contributed by atoms with E-state index in [-0.39, 0.29) is 18.3 Å². The lowest BCUT2D eigenvalue weighted by Crippen LogP contribution is -2.33. The Morgan fingerprint density at radius 2 is 2.08 bits per heavy atom. The molecule has 136 valence electrons. The lowest BCUT2D eigenvalue weighted by molar-refractivity contribution is -0.151. The van der Waals surface area contributed by atoms with E-state index in [9.17, 15) is 9.59 Å². The Morgan fingerprint density at radius 3 is 2.73 bits per heavy atom. The molecule has 0 fully saturated rings. The molecule has 0 spiro atoms. The van der Waals surface area contributed by atoms with Crippen LogP contribution in [0.15, 0.2) is 47.9 Å². The Hall–Kier alpha value is -2.40. The Labute approximate surface area is 158 Å². The van der Waals surface area contributed by atoms with Crippen molar-refractivity contribution in [2.75, 3.05) is 25.6 Å². The third kappa shape index (κ3) is 3.73. The topological polar surface area (TPSA) is 46.6 Å². The SMILES string of the molecule is CCOC(=O)C1C(=O)C=C(c2cccc(N(C)C)c2)CC1c1cccs1. The van der Waals surface area contributed by atoms with Crippen LogP contribution in [-0.4, -0.2) is 32.5 Å². The summed E-state index contributed by atoms with van der Waals surface area (Å²) in [7, 11) is 3.98. The van der Waals surface area contributed by atoms with Crippen LogP contribution in [0.2, 0.25) is 0 Å². The van der Waals surface area contributed by atoms with E-state index >= 15 is 0 Å². The van der Waals surface area contributed by atoms with Crippen molar-refractivity contribution in [3.63, 3.8) is 0 Å². The maximum absolute atomic E-state index is 12.8. The van der Waals surface area contributed by atoms with E-state index in [2.05, 4.69) is 6.07 Å². The first-order chi connectivity index (χ1) is 12.5. The number of thiophene rings is 1.